The molecule has 3 aromatic rings. The summed E-state index contributed by atoms with van der Waals surface area (Å²) < 4.78 is 0. The molecular formula is C21H21N. The van der Waals surface area contributed by atoms with Crippen molar-refractivity contribution in [3.05, 3.63) is 89.1 Å². The molecule has 0 saturated carbocycles. The number of pyridine rings is 1. The average molecular weight is 287 g/mol. The molecule has 22 heavy (non-hydrogen) atoms. The van der Waals surface area contributed by atoms with Gasteiger partial charge in [-0.3, -0.25) is 4.98 Å². The maximum absolute atomic E-state index is 4.49. The molecule has 1 heterocycles. The normalized spacial score (nSPS) is 10.6. The van der Waals surface area contributed by atoms with Gasteiger partial charge in [0.15, 0.2) is 0 Å². The molecule has 110 valence electrons. The summed E-state index contributed by atoms with van der Waals surface area (Å²) >= 11 is 0. The van der Waals surface area contributed by atoms with Gasteiger partial charge in [-0.05, 0) is 49.9 Å². The second kappa shape index (κ2) is 6.57. The molecule has 0 amide bonds. The van der Waals surface area contributed by atoms with E-state index >= 15 is 0 Å². The zero-order valence-corrected chi connectivity index (χ0v) is 13.2. The zero-order chi connectivity index (χ0) is 15.4. The van der Waals surface area contributed by atoms with Gasteiger partial charge in [-0.25, -0.2) is 0 Å². The van der Waals surface area contributed by atoms with Gasteiger partial charge in [0.1, 0.15) is 0 Å². The molecule has 3 rings (SSSR count). The second-order valence-electron chi connectivity index (χ2n) is 5.91. The topological polar surface area (TPSA) is 12.9 Å². The molecule has 0 bridgehead atoms. The van der Waals surface area contributed by atoms with Crippen molar-refractivity contribution in [2.45, 2.75) is 26.7 Å². The van der Waals surface area contributed by atoms with Crippen LogP contribution < -0.4 is 0 Å². The fraction of sp³-hybridized carbons (Fsp3) is 0.190. The molecule has 2 aromatic carbocycles. The first-order valence-corrected chi connectivity index (χ1v) is 7.78. The molecule has 0 aliphatic heterocycles. The summed E-state index contributed by atoms with van der Waals surface area (Å²) in [6, 6.07) is 21.5. The summed E-state index contributed by atoms with van der Waals surface area (Å²) in [4.78, 5) is 4.49. The van der Waals surface area contributed by atoms with E-state index in [0.717, 1.165) is 18.5 Å². The lowest BCUT2D eigenvalue weighted by Crippen LogP contribution is -1.94. The standard InChI is InChI=1S/C21H21N/c1-16-12-17(2)14-19(13-16)9-8-18-10-11-22-21(15-18)20-6-4-3-5-7-20/h3-7,10-15H,8-9H2,1-2H3. The lowest BCUT2D eigenvalue weighted by Gasteiger charge is -2.07. The Morgan fingerprint density at radius 1 is 0.727 bits per heavy atom. The Bertz CT molecular complexity index is 740. The molecule has 1 aromatic heterocycles. The van der Waals surface area contributed by atoms with E-state index in [0.29, 0.717) is 0 Å². The van der Waals surface area contributed by atoms with E-state index in [1.165, 1.54) is 27.8 Å². The molecule has 0 radical (unpaired) electrons. The summed E-state index contributed by atoms with van der Waals surface area (Å²) in [5.74, 6) is 0. The highest BCUT2D eigenvalue weighted by Crippen LogP contribution is 2.18. The Morgan fingerprint density at radius 2 is 1.41 bits per heavy atom. The van der Waals surface area contributed by atoms with Gasteiger partial charge in [0.25, 0.3) is 0 Å². The number of aromatic nitrogens is 1. The van der Waals surface area contributed by atoms with Crippen molar-refractivity contribution >= 4 is 0 Å². The minimum Gasteiger partial charge on any atom is -0.256 e. The highest BCUT2D eigenvalue weighted by molar-refractivity contribution is 5.59. The second-order valence-corrected chi connectivity index (χ2v) is 5.91. The van der Waals surface area contributed by atoms with Gasteiger partial charge in [-0.2, -0.15) is 0 Å². The van der Waals surface area contributed by atoms with Crippen LogP contribution in [0, 0.1) is 13.8 Å². The van der Waals surface area contributed by atoms with E-state index in [4.69, 9.17) is 0 Å². The summed E-state index contributed by atoms with van der Waals surface area (Å²) in [5.41, 5.74) is 7.67. The van der Waals surface area contributed by atoms with Crippen molar-refractivity contribution in [3.63, 3.8) is 0 Å². The Labute approximate surface area is 132 Å². The maximum Gasteiger partial charge on any atom is 0.0704 e. The number of aryl methyl sites for hydroxylation is 4. The Balaban J connectivity index is 1.76. The third-order valence-electron chi connectivity index (χ3n) is 3.88. The zero-order valence-electron chi connectivity index (χ0n) is 13.2. The molecule has 0 aliphatic carbocycles. The van der Waals surface area contributed by atoms with E-state index in [-0.39, 0.29) is 0 Å². The third-order valence-corrected chi connectivity index (χ3v) is 3.88. The number of nitrogens with zero attached hydrogens (tertiary/aromatic N) is 1. The molecule has 0 N–H and O–H groups in total. The van der Waals surface area contributed by atoms with Crippen LogP contribution in [0.2, 0.25) is 0 Å². The summed E-state index contributed by atoms with van der Waals surface area (Å²) in [6.07, 6.45) is 4.03. The van der Waals surface area contributed by atoms with Crippen molar-refractivity contribution in [1.29, 1.82) is 0 Å². The van der Waals surface area contributed by atoms with Crippen LogP contribution in [-0.4, -0.2) is 4.98 Å². The van der Waals surface area contributed by atoms with Crippen molar-refractivity contribution in [2.75, 3.05) is 0 Å². The van der Waals surface area contributed by atoms with Gasteiger partial charge >= 0.3 is 0 Å². The van der Waals surface area contributed by atoms with Crippen molar-refractivity contribution in [1.82, 2.24) is 4.98 Å². The molecule has 0 aliphatic rings. The predicted octanol–water partition coefficient (Wildman–Crippen LogP) is 5.15. The first-order valence-electron chi connectivity index (χ1n) is 7.78. The molecule has 0 saturated heterocycles. The minimum atomic E-state index is 1.05. The van der Waals surface area contributed by atoms with Gasteiger partial charge in [0, 0.05) is 11.8 Å². The largest absolute Gasteiger partial charge is 0.256 e. The fourth-order valence-corrected chi connectivity index (χ4v) is 2.90. The van der Waals surface area contributed by atoms with Crippen LogP contribution >= 0.6 is 0 Å². The van der Waals surface area contributed by atoms with E-state index in [2.05, 4.69) is 73.4 Å². The predicted molar refractivity (Wildman–Crippen MR) is 93.0 cm³/mol. The van der Waals surface area contributed by atoms with Crippen LogP contribution in [0.5, 0.6) is 0 Å². The van der Waals surface area contributed by atoms with Crippen LogP contribution in [0.25, 0.3) is 11.3 Å². The van der Waals surface area contributed by atoms with Crippen molar-refractivity contribution in [3.8, 4) is 11.3 Å². The van der Waals surface area contributed by atoms with Crippen LogP contribution in [0.15, 0.2) is 66.9 Å². The van der Waals surface area contributed by atoms with Crippen LogP contribution in [0.3, 0.4) is 0 Å². The van der Waals surface area contributed by atoms with Gasteiger partial charge < -0.3 is 0 Å². The summed E-state index contributed by atoms with van der Waals surface area (Å²) in [5, 5.41) is 0. The van der Waals surface area contributed by atoms with Gasteiger partial charge in [-0.1, -0.05) is 59.7 Å². The number of hydrogen-bond donors (Lipinski definition) is 0. The van der Waals surface area contributed by atoms with E-state index in [1.54, 1.807) is 0 Å². The highest BCUT2D eigenvalue weighted by atomic mass is 14.7. The fourth-order valence-electron chi connectivity index (χ4n) is 2.90. The molecule has 0 spiro atoms. The monoisotopic (exact) mass is 287 g/mol. The van der Waals surface area contributed by atoms with E-state index in [9.17, 15) is 0 Å². The first kappa shape index (κ1) is 14.5. The SMILES string of the molecule is Cc1cc(C)cc(CCc2ccnc(-c3ccccc3)c2)c1. The lowest BCUT2D eigenvalue weighted by molar-refractivity contribution is 0.952. The van der Waals surface area contributed by atoms with Gasteiger partial charge in [-0.15, -0.1) is 0 Å². The lowest BCUT2D eigenvalue weighted by atomic mass is 10.00. The molecular weight excluding hydrogens is 266 g/mol. The van der Waals surface area contributed by atoms with E-state index < -0.39 is 0 Å². The van der Waals surface area contributed by atoms with Gasteiger partial charge in [0.05, 0.1) is 5.69 Å². The molecule has 1 heteroatoms. The van der Waals surface area contributed by atoms with Crippen LogP contribution in [0.1, 0.15) is 22.3 Å². The Kier molecular flexibility index (Phi) is 4.34. The van der Waals surface area contributed by atoms with Crippen LogP contribution in [0.4, 0.5) is 0 Å². The summed E-state index contributed by atoms with van der Waals surface area (Å²) in [7, 11) is 0. The average Bonchev–Trinajstić information content (AvgIpc) is 2.53. The number of hydrogen-bond acceptors (Lipinski definition) is 1. The third kappa shape index (κ3) is 3.62. The van der Waals surface area contributed by atoms with E-state index in [1.807, 2.05) is 12.3 Å². The molecule has 0 atom stereocenters. The molecule has 0 fully saturated rings. The Hall–Kier alpha value is -2.41. The quantitative estimate of drug-likeness (QED) is 0.646. The number of benzene rings is 2. The molecule has 1 nitrogen and oxygen atoms in total. The van der Waals surface area contributed by atoms with Crippen molar-refractivity contribution in [2.24, 2.45) is 0 Å². The maximum atomic E-state index is 4.49. The Morgan fingerprint density at radius 3 is 2.14 bits per heavy atom. The van der Waals surface area contributed by atoms with Gasteiger partial charge in [0.2, 0.25) is 0 Å². The molecule has 0 unspecified atom stereocenters. The minimum absolute atomic E-state index is 1.05. The smallest absolute Gasteiger partial charge is 0.0704 e. The van der Waals surface area contributed by atoms with Crippen molar-refractivity contribution < 1.29 is 0 Å². The van der Waals surface area contributed by atoms with Crippen LogP contribution in [-0.2, 0) is 12.8 Å². The first-order chi connectivity index (χ1) is 10.7. The highest BCUT2D eigenvalue weighted by Gasteiger charge is 2.02. The summed E-state index contributed by atoms with van der Waals surface area (Å²) in [6.45, 7) is 4.33. The number of rotatable bonds is 4.